The number of nitriles is 2. The summed E-state index contributed by atoms with van der Waals surface area (Å²) < 4.78 is 0. The molecule has 2 aromatic rings. The highest BCUT2D eigenvalue weighted by Crippen LogP contribution is 2.32. The fraction of sp³-hybridized carbons (Fsp3) is 0.263. The van der Waals surface area contributed by atoms with E-state index in [9.17, 15) is 10.5 Å². The van der Waals surface area contributed by atoms with Gasteiger partial charge in [-0.05, 0) is 22.6 Å². The number of hydrogen-bond donors (Lipinski definition) is 0. The SMILES string of the molecule is CC(C)c1ccc([C@@H](C#N)[C@H](C#N)c2ccccc2)cc1. The molecule has 0 spiro atoms. The van der Waals surface area contributed by atoms with Crippen LogP contribution in [0.4, 0.5) is 0 Å². The van der Waals surface area contributed by atoms with E-state index in [1.54, 1.807) is 0 Å². The molecule has 0 radical (unpaired) electrons. The molecular formula is C19H18N2. The summed E-state index contributed by atoms with van der Waals surface area (Å²) in [5.74, 6) is -0.430. The molecule has 2 heteroatoms. The van der Waals surface area contributed by atoms with Gasteiger partial charge in [0.25, 0.3) is 0 Å². The fourth-order valence-corrected chi connectivity index (χ4v) is 2.43. The molecule has 2 rings (SSSR count). The van der Waals surface area contributed by atoms with Crippen LogP contribution in [0.3, 0.4) is 0 Å². The Bertz CT molecular complexity index is 657. The van der Waals surface area contributed by atoms with Crippen molar-refractivity contribution < 1.29 is 0 Å². The predicted molar refractivity (Wildman–Crippen MR) is 83.7 cm³/mol. The zero-order valence-electron chi connectivity index (χ0n) is 12.3. The third-order valence-electron chi connectivity index (χ3n) is 3.73. The highest BCUT2D eigenvalue weighted by atomic mass is 14.4. The van der Waals surface area contributed by atoms with Crippen molar-refractivity contribution in [1.82, 2.24) is 0 Å². The Morgan fingerprint density at radius 3 is 1.52 bits per heavy atom. The van der Waals surface area contributed by atoms with E-state index in [4.69, 9.17) is 0 Å². The van der Waals surface area contributed by atoms with Crippen LogP contribution in [0.1, 0.15) is 48.3 Å². The first-order valence-corrected chi connectivity index (χ1v) is 7.11. The van der Waals surface area contributed by atoms with Crippen molar-refractivity contribution in [3.05, 3.63) is 71.3 Å². The molecule has 0 heterocycles. The summed E-state index contributed by atoms with van der Waals surface area (Å²) in [6, 6.07) is 22.1. The minimum absolute atomic E-state index is 0.443. The van der Waals surface area contributed by atoms with Crippen LogP contribution in [0.5, 0.6) is 0 Å². The summed E-state index contributed by atoms with van der Waals surface area (Å²) in [6.07, 6.45) is 0. The molecule has 0 aliphatic carbocycles. The molecule has 0 saturated heterocycles. The summed E-state index contributed by atoms with van der Waals surface area (Å²) in [6.45, 7) is 4.28. The summed E-state index contributed by atoms with van der Waals surface area (Å²) in [5.41, 5.74) is 3.03. The van der Waals surface area contributed by atoms with E-state index in [-0.39, 0.29) is 0 Å². The second-order valence-electron chi connectivity index (χ2n) is 5.45. The fourth-order valence-electron chi connectivity index (χ4n) is 2.43. The van der Waals surface area contributed by atoms with Gasteiger partial charge in [0.2, 0.25) is 0 Å². The molecule has 0 N–H and O–H groups in total. The van der Waals surface area contributed by atoms with Gasteiger partial charge in [0.15, 0.2) is 0 Å². The average Bonchev–Trinajstić information content (AvgIpc) is 2.53. The van der Waals surface area contributed by atoms with Gasteiger partial charge in [-0.15, -0.1) is 0 Å². The Labute approximate surface area is 126 Å². The van der Waals surface area contributed by atoms with Crippen molar-refractivity contribution in [2.75, 3.05) is 0 Å². The number of rotatable bonds is 4. The maximum atomic E-state index is 9.52. The molecule has 104 valence electrons. The van der Waals surface area contributed by atoms with Crippen LogP contribution in [0, 0.1) is 22.7 Å². The largest absolute Gasteiger partial charge is 0.198 e. The van der Waals surface area contributed by atoms with Crippen molar-refractivity contribution in [2.24, 2.45) is 0 Å². The van der Waals surface area contributed by atoms with Crippen LogP contribution in [0.2, 0.25) is 0 Å². The molecule has 0 amide bonds. The highest BCUT2D eigenvalue weighted by molar-refractivity contribution is 5.38. The molecular weight excluding hydrogens is 256 g/mol. The van der Waals surface area contributed by atoms with Crippen LogP contribution >= 0.6 is 0 Å². The van der Waals surface area contributed by atoms with E-state index in [1.165, 1.54) is 5.56 Å². The number of hydrogen-bond acceptors (Lipinski definition) is 2. The second kappa shape index (κ2) is 6.73. The molecule has 0 saturated carbocycles. The van der Waals surface area contributed by atoms with E-state index in [0.717, 1.165) is 11.1 Å². The Balaban J connectivity index is 2.35. The number of nitrogens with zero attached hydrogens (tertiary/aromatic N) is 2. The van der Waals surface area contributed by atoms with Gasteiger partial charge in [0.1, 0.15) is 0 Å². The Morgan fingerprint density at radius 1 is 0.667 bits per heavy atom. The van der Waals surface area contributed by atoms with Crippen molar-refractivity contribution in [3.63, 3.8) is 0 Å². The van der Waals surface area contributed by atoms with E-state index >= 15 is 0 Å². The Kier molecular flexibility index (Phi) is 4.75. The molecule has 0 aliphatic rings. The van der Waals surface area contributed by atoms with Gasteiger partial charge in [0.05, 0.1) is 24.0 Å². The first-order chi connectivity index (χ1) is 10.2. The van der Waals surface area contributed by atoms with Crippen molar-refractivity contribution in [1.29, 1.82) is 10.5 Å². The van der Waals surface area contributed by atoms with Crippen LogP contribution in [0.15, 0.2) is 54.6 Å². The van der Waals surface area contributed by atoms with Gasteiger partial charge in [-0.2, -0.15) is 10.5 Å². The summed E-state index contributed by atoms with van der Waals surface area (Å²) in [7, 11) is 0. The molecule has 0 aliphatic heterocycles. The Hall–Kier alpha value is -2.58. The zero-order valence-corrected chi connectivity index (χ0v) is 12.3. The molecule has 0 bridgehead atoms. The lowest BCUT2D eigenvalue weighted by Gasteiger charge is -2.17. The number of benzene rings is 2. The van der Waals surface area contributed by atoms with E-state index in [1.807, 2.05) is 54.6 Å². The lowest BCUT2D eigenvalue weighted by Crippen LogP contribution is -2.08. The van der Waals surface area contributed by atoms with E-state index in [0.29, 0.717) is 5.92 Å². The third kappa shape index (κ3) is 3.30. The van der Waals surface area contributed by atoms with Crippen LogP contribution in [-0.2, 0) is 0 Å². The third-order valence-corrected chi connectivity index (χ3v) is 3.73. The van der Waals surface area contributed by atoms with Crippen LogP contribution in [0.25, 0.3) is 0 Å². The van der Waals surface area contributed by atoms with Crippen molar-refractivity contribution >= 4 is 0 Å². The topological polar surface area (TPSA) is 47.6 Å². The summed E-state index contributed by atoms with van der Waals surface area (Å²) in [4.78, 5) is 0. The van der Waals surface area contributed by atoms with Gasteiger partial charge < -0.3 is 0 Å². The summed E-state index contributed by atoms with van der Waals surface area (Å²) >= 11 is 0. The molecule has 21 heavy (non-hydrogen) atoms. The van der Waals surface area contributed by atoms with Gasteiger partial charge >= 0.3 is 0 Å². The molecule has 0 fully saturated rings. The van der Waals surface area contributed by atoms with Crippen molar-refractivity contribution in [3.8, 4) is 12.1 Å². The van der Waals surface area contributed by atoms with Gasteiger partial charge in [0, 0.05) is 0 Å². The lowest BCUT2D eigenvalue weighted by molar-refractivity contribution is 0.759. The summed E-state index contributed by atoms with van der Waals surface area (Å²) in [5, 5.41) is 19.0. The average molecular weight is 274 g/mol. The first kappa shape index (κ1) is 14.8. The predicted octanol–water partition coefficient (Wildman–Crippen LogP) is 4.72. The molecule has 2 aromatic carbocycles. The monoisotopic (exact) mass is 274 g/mol. The quantitative estimate of drug-likeness (QED) is 0.809. The Morgan fingerprint density at radius 2 is 1.10 bits per heavy atom. The standard InChI is InChI=1S/C19H18N2/c1-14(2)15-8-10-17(11-9-15)19(13-21)18(12-20)16-6-4-3-5-7-16/h3-11,14,18-19H,1-2H3/t18-,19-/m1/s1. The van der Waals surface area contributed by atoms with Crippen LogP contribution < -0.4 is 0 Å². The molecule has 0 aromatic heterocycles. The first-order valence-electron chi connectivity index (χ1n) is 7.11. The second-order valence-corrected chi connectivity index (χ2v) is 5.45. The van der Waals surface area contributed by atoms with E-state index < -0.39 is 11.8 Å². The normalized spacial score (nSPS) is 13.2. The maximum absolute atomic E-state index is 9.52. The molecule has 2 atom stereocenters. The molecule has 2 nitrogen and oxygen atoms in total. The minimum Gasteiger partial charge on any atom is -0.198 e. The van der Waals surface area contributed by atoms with Crippen LogP contribution in [-0.4, -0.2) is 0 Å². The maximum Gasteiger partial charge on any atom is 0.0911 e. The van der Waals surface area contributed by atoms with Gasteiger partial charge in [-0.1, -0.05) is 68.4 Å². The smallest absolute Gasteiger partial charge is 0.0911 e. The van der Waals surface area contributed by atoms with Gasteiger partial charge in [-0.25, -0.2) is 0 Å². The highest BCUT2D eigenvalue weighted by Gasteiger charge is 2.24. The van der Waals surface area contributed by atoms with E-state index in [2.05, 4.69) is 26.0 Å². The van der Waals surface area contributed by atoms with Gasteiger partial charge in [-0.3, -0.25) is 0 Å². The molecule has 0 unspecified atom stereocenters. The zero-order chi connectivity index (χ0) is 15.2. The van der Waals surface area contributed by atoms with Crippen molar-refractivity contribution in [2.45, 2.75) is 31.6 Å². The minimum atomic E-state index is -0.446. The lowest BCUT2D eigenvalue weighted by atomic mass is 9.83.